The number of allylic oxidation sites excluding steroid dienone is 1. The molecule has 0 radical (unpaired) electrons. The molecule has 0 nitrogen and oxygen atoms in total. The van der Waals surface area contributed by atoms with Crippen LogP contribution in [0.1, 0.15) is 38.2 Å². The van der Waals surface area contributed by atoms with Crippen LogP contribution in [0, 0.1) is 0 Å². The Balaban J connectivity index is 2.15. The van der Waals surface area contributed by atoms with Gasteiger partial charge in [-0.15, -0.1) is 5.73 Å². The van der Waals surface area contributed by atoms with Crippen LogP contribution in [0.3, 0.4) is 0 Å². The lowest BCUT2D eigenvalue weighted by molar-refractivity contribution is 0.804. The van der Waals surface area contributed by atoms with Crippen molar-refractivity contribution in [3.05, 3.63) is 83.2 Å². The van der Waals surface area contributed by atoms with Crippen LogP contribution in [0.4, 0.5) is 0 Å². The third-order valence-electron chi connectivity index (χ3n) is 4.73. The normalized spacial score (nSPS) is 11.0. The molecule has 0 saturated carbocycles. The highest BCUT2D eigenvalue weighted by molar-refractivity contribution is 6.95. The van der Waals surface area contributed by atoms with Crippen molar-refractivity contribution in [1.82, 2.24) is 0 Å². The summed E-state index contributed by atoms with van der Waals surface area (Å²) in [7, 11) is -1.60. The molecule has 0 heterocycles. The quantitative estimate of drug-likeness (QED) is 0.407. The first kappa shape index (κ1) is 18.5. The lowest BCUT2D eigenvalue weighted by Crippen LogP contribution is -2.43. The molecule has 24 heavy (non-hydrogen) atoms. The van der Waals surface area contributed by atoms with E-state index >= 15 is 0 Å². The zero-order chi connectivity index (χ0) is 17.3. The van der Waals surface area contributed by atoms with E-state index in [0.29, 0.717) is 0 Å². The Labute approximate surface area is 149 Å². The van der Waals surface area contributed by atoms with E-state index in [0.717, 1.165) is 12.8 Å². The standard InChI is InChI=1S/C23H30Si/c1-4-5-17-22(24(2,3)23-18-10-7-11-19-23)20-13-12-16-21-14-8-6-9-15-21/h6-11,13-15,18-19H,4-5,12,16-17H2,1-3H3. The number of unbranched alkanes of at least 4 members (excludes halogenated alkanes) is 1. The first-order valence-corrected chi connectivity index (χ1v) is 12.2. The number of aryl methyl sites for hydroxylation is 1. The fourth-order valence-corrected chi connectivity index (χ4v) is 5.67. The second-order valence-corrected chi connectivity index (χ2v) is 11.4. The lowest BCUT2D eigenvalue weighted by Gasteiger charge is -2.25. The molecule has 0 aliphatic heterocycles. The van der Waals surface area contributed by atoms with E-state index < -0.39 is 8.07 Å². The number of hydrogen-bond donors (Lipinski definition) is 0. The van der Waals surface area contributed by atoms with Crippen LogP contribution in [0.15, 0.2) is 77.7 Å². The van der Waals surface area contributed by atoms with Gasteiger partial charge in [0, 0.05) is 0 Å². The molecule has 0 fully saturated rings. The second kappa shape index (κ2) is 9.47. The predicted molar refractivity (Wildman–Crippen MR) is 109 cm³/mol. The zero-order valence-corrected chi connectivity index (χ0v) is 16.4. The van der Waals surface area contributed by atoms with Gasteiger partial charge >= 0.3 is 0 Å². The summed E-state index contributed by atoms with van der Waals surface area (Å²) in [5.74, 6) is 0. The summed E-state index contributed by atoms with van der Waals surface area (Å²) in [5.41, 5.74) is 5.12. The molecule has 2 rings (SSSR count). The molecular formula is C23H30Si. The van der Waals surface area contributed by atoms with Gasteiger partial charge in [0.1, 0.15) is 8.07 Å². The Bertz CT molecular complexity index is 662. The van der Waals surface area contributed by atoms with Gasteiger partial charge in [0.2, 0.25) is 0 Å². The Kier molecular flexibility index (Phi) is 7.30. The molecule has 0 atom stereocenters. The van der Waals surface area contributed by atoms with E-state index in [1.807, 2.05) is 0 Å². The van der Waals surface area contributed by atoms with Crippen LogP contribution < -0.4 is 5.19 Å². The number of benzene rings is 2. The van der Waals surface area contributed by atoms with E-state index in [-0.39, 0.29) is 0 Å². The Morgan fingerprint density at radius 1 is 0.958 bits per heavy atom. The topological polar surface area (TPSA) is 0 Å². The van der Waals surface area contributed by atoms with Crippen molar-refractivity contribution in [3.63, 3.8) is 0 Å². The second-order valence-electron chi connectivity index (χ2n) is 6.95. The SMILES string of the molecule is CCCCC(=C=CCCc1ccccc1)[Si](C)(C)c1ccccc1. The van der Waals surface area contributed by atoms with Gasteiger partial charge in [0.05, 0.1) is 0 Å². The van der Waals surface area contributed by atoms with Crippen molar-refractivity contribution in [2.45, 2.75) is 52.1 Å². The fourth-order valence-electron chi connectivity index (χ4n) is 3.03. The van der Waals surface area contributed by atoms with Gasteiger partial charge in [-0.05, 0) is 42.5 Å². The third kappa shape index (κ3) is 5.37. The first-order valence-electron chi connectivity index (χ1n) is 9.18. The summed E-state index contributed by atoms with van der Waals surface area (Å²) in [6.07, 6.45) is 8.13. The van der Waals surface area contributed by atoms with Crippen molar-refractivity contribution in [1.29, 1.82) is 0 Å². The van der Waals surface area contributed by atoms with E-state index in [9.17, 15) is 0 Å². The van der Waals surface area contributed by atoms with Gasteiger partial charge < -0.3 is 0 Å². The smallest absolute Gasteiger partial charge is 0.116 e. The molecule has 0 unspecified atom stereocenters. The summed E-state index contributed by atoms with van der Waals surface area (Å²) in [4.78, 5) is 0. The molecule has 126 valence electrons. The Morgan fingerprint density at radius 2 is 1.58 bits per heavy atom. The van der Waals surface area contributed by atoms with Crippen LogP contribution in [-0.2, 0) is 6.42 Å². The maximum absolute atomic E-state index is 3.72. The highest BCUT2D eigenvalue weighted by Gasteiger charge is 2.27. The molecule has 0 aliphatic rings. The molecule has 0 bridgehead atoms. The maximum atomic E-state index is 3.72. The average molecular weight is 335 g/mol. The van der Waals surface area contributed by atoms with E-state index in [4.69, 9.17) is 0 Å². The summed E-state index contributed by atoms with van der Waals surface area (Å²) >= 11 is 0. The molecule has 0 aromatic heterocycles. The Hall–Kier alpha value is -1.82. The molecule has 0 amide bonds. The van der Waals surface area contributed by atoms with E-state index in [1.54, 1.807) is 5.20 Å². The van der Waals surface area contributed by atoms with Crippen LogP contribution in [0.5, 0.6) is 0 Å². The molecule has 2 aromatic rings. The maximum Gasteiger partial charge on any atom is 0.116 e. The van der Waals surface area contributed by atoms with Crippen LogP contribution >= 0.6 is 0 Å². The Morgan fingerprint density at radius 3 is 2.21 bits per heavy atom. The van der Waals surface area contributed by atoms with Crippen molar-refractivity contribution in [3.8, 4) is 0 Å². The van der Waals surface area contributed by atoms with Gasteiger partial charge in [0.15, 0.2) is 0 Å². The minimum Gasteiger partial charge on any atom is -0.130 e. The van der Waals surface area contributed by atoms with Crippen molar-refractivity contribution in [2.75, 3.05) is 0 Å². The van der Waals surface area contributed by atoms with Crippen LogP contribution in [0.25, 0.3) is 0 Å². The molecule has 1 heteroatoms. The van der Waals surface area contributed by atoms with Gasteiger partial charge in [-0.2, -0.15) is 0 Å². The largest absolute Gasteiger partial charge is 0.130 e. The number of hydrogen-bond acceptors (Lipinski definition) is 0. The first-order chi connectivity index (χ1) is 11.6. The van der Waals surface area contributed by atoms with Crippen molar-refractivity contribution in [2.24, 2.45) is 0 Å². The van der Waals surface area contributed by atoms with Crippen LogP contribution in [-0.4, -0.2) is 8.07 Å². The van der Waals surface area contributed by atoms with Gasteiger partial charge in [-0.1, -0.05) is 92.3 Å². The van der Waals surface area contributed by atoms with E-state index in [1.165, 1.54) is 30.0 Å². The van der Waals surface area contributed by atoms with Crippen LogP contribution in [0.2, 0.25) is 13.1 Å². The predicted octanol–water partition coefficient (Wildman–Crippen LogP) is 6.05. The van der Waals surface area contributed by atoms with Gasteiger partial charge in [0.25, 0.3) is 0 Å². The average Bonchev–Trinajstić information content (AvgIpc) is 2.62. The molecule has 2 aromatic carbocycles. The summed E-state index contributed by atoms with van der Waals surface area (Å²) < 4.78 is 0. The zero-order valence-electron chi connectivity index (χ0n) is 15.4. The fraction of sp³-hybridized carbons (Fsp3) is 0.348. The van der Waals surface area contributed by atoms with Crippen molar-refractivity contribution >= 4 is 13.3 Å². The molecule has 0 spiro atoms. The summed E-state index contributed by atoms with van der Waals surface area (Å²) in [6.45, 7) is 7.20. The highest BCUT2D eigenvalue weighted by Crippen LogP contribution is 2.20. The van der Waals surface area contributed by atoms with Gasteiger partial charge in [-0.25, -0.2) is 0 Å². The lowest BCUT2D eigenvalue weighted by atomic mass is 10.1. The summed E-state index contributed by atoms with van der Waals surface area (Å²) in [5, 5.41) is 3.07. The minimum absolute atomic E-state index is 1.07. The molecule has 0 saturated heterocycles. The molecule has 0 aliphatic carbocycles. The minimum atomic E-state index is -1.60. The third-order valence-corrected chi connectivity index (χ3v) is 8.41. The monoisotopic (exact) mass is 334 g/mol. The summed E-state index contributed by atoms with van der Waals surface area (Å²) in [6, 6.07) is 21.8. The van der Waals surface area contributed by atoms with Crippen molar-refractivity contribution < 1.29 is 0 Å². The highest BCUT2D eigenvalue weighted by atomic mass is 28.3. The molecule has 0 N–H and O–H groups in total. The number of rotatable bonds is 8. The van der Waals surface area contributed by atoms with E-state index in [2.05, 4.69) is 92.5 Å². The molecular weight excluding hydrogens is 304 g/mol. The van der Waals surface area contributed by atoms with Gasteiger partial charge in [-0.3, -0.25) is 0 Å².